The van der Waals surface area contributed by atoms with Gasteiger partial charge in [0.2, 0.25) is 6.79 Å². The van der Waals surface area contributed by atoms with Crippen LogP contribution in [0.4, 0.5) is 5.69 Å². The van der Waals surface area contributed by atoms with Crippen molar-refractivity contribution in [3.05, 3.63) is 60.8 Å². The van der Waals surface area contributed by atoms with Crippen LogP contribution in [0.2, 0.25) is 0 Å². The van der Waals surface area contributed by atoms with E-state index in [9.17, 15) is 0 Å². The van der Waals surface area contributed by atoms with E-state index in [1.54, 1.807) is 18.7 Å². The lowest BCUT2D eigenvalue weighted by atomic mass is 10.1. The first-order valence-corrected chi connectivity index (χ1v) is 6.98. The van der Waals surface area contributed by atoms with Gasteiger partial charge in [0.05, 0.1) is 18.2 Å². The molecule has 1 aliphatic rings. The Hall–Kier alpha value is -2.95. The van der Waals surface area contributed by atoms with Gasteiger partial charge in [-0.05, 0) is 29.8 Å². The zero-order chi connectivity index (χ0) is 14.8. The van der Waals surface area contributed by atoms with Gasteiger partial charge < -0.3 is 19.2 Å². The minimum atomic E-state index is 0.281. The minimum absolute atomic E-state index is 0.281. The molecule has 0 fully saturated rings. The molecule has 0 bridgehead atoms. The number of nitrogens with one attached hydrogen (secondary N) is 1. The van der Waals surface area contributed by atoms with Crippen LogP contribution in [-0.2, 0) is 6.54 Å². The number of aromatic nitrogens is 1. The molecule has 3 heterocycles. The fraction of sp³-hybridized carbons (Fsp3) is 0.118. The second kappa shape index (κ2) is 5.44. The Labute approximate surface area is 127 Å². The molecule has 22 heavy (non-hydrogen) atoms. The average Bonchev–Trinajstić information content (AvgIpc) is 3.24. The summed E-state index contributed by atoms with van der Waals surface area (Å²) in [7, 11) is 0. The monoisotopic (exact) mass is 294 g/mol. The third kappa shape index (κ3) is 2.48. The number of pyridine rings is 1. The lowest BCUT2D eigenvalue weighted by Crippen LogP contribution is -1.98. The van der Waals surface area contributed by atoms with Crippen LogP contribution in [0.15, 0.2) is 59.7 Å². The van der Waals surface area contributed by atoms with Crippen molar-refractivity contribution in [2.24, 2.45) is 0 Å². The van der Waals surface area contributed by atoms with E-state index in [0.29, 0.717) is 6.54 Å². The van der Waals surface area contributed by atoms with Crippen LogP contribution in [0.1, 0.15) is 5.56 Å². The molecule has 2 aromatic heterocycles. The molecule has 0 saturated carbocycles. The first kappa shape index (κ1) is 12.8. The fourth-order valence-electron chi connectivity index (χ4n) is 2.37. The predicted molar refractivity (Wildman–Crippen MR) is 81.8 cm³/mol. The van der Waals surface area contributed by atoms with Gasteiger partial charge in [0.1, 0.15) is 0 Å². The Kier molecular flexibility index (Phi) is 3.16. The largest absolute Gasteiger partial charge is 0.472 e. The van der Waals surface area contributed by atoms with E-state index < -0.39 is 0 Å². The van der Waals surface area contributed by atoms with Crippen LogP contribution in [0.25, 0.3) is 11.1 Å². The molecule has 0 spiro atoms. The lowest BCUT2D eigenvalue weighted by Gasteiger charge is -2.07. The zero-order valence-electron chi connectivity index (χ0n) is 11.8. The van der Waals surface area contributed by atoms with E-state index >= 15 is 0 Å². The van der Waals surface area contributed by atoms with Gasteiger partial charge in [0.15, 0.2) is 11.5 Å². The molecule has 0 aliphatic carbocycles. The highest BCUT2D eigenvalue weighted by atomic mass is 16.7. The number of anilines is 1. The van der Waals surface area contributed by atoms with Gasteiger partial charge in [-0.25, -0.2) is 0 Å². The smallest absolute Gasteiger partial charge is 0.231 e. The number of hydrogen-bond donors (Lipinski definition) is 1. The molecule has 1 N–H and O–H groups in total. The quantitative estimate of drug-likeness (QED) is 0.795. The summed E-state index contributed by atoms with van der Waals surface area (Å²) in [6.07, 6.45) is 7.03. The lowest BCUT2D eigenvalue weighted by molar-refractivity contribution is 0.174. The summed E-state index contributed by atoms with van der Waals surface area (Å²) in [5.41, 5.74) is 4.11. The number of rotatable bonds is 4. The first-order valence-electron chi connectivity index (χ1n) is 6.98. The number of hydrogen-bond acceptors (Lipinski definition) is 5. The van der Waals surface area contributed by atoms with Crippen molar-refractivity contribution in [2.75, 3.05) is 12.1 Å². The first-order chi connectivity index (χ1) is 10.9. The van der Waals surface area contributed by atoms with Gasteiger partial charge in [0, 0.05) is 30.1 Å². The maximum atomic E-state index is 5.42. The zero-order valence-corrected chi connectivity index (χ0v) is 11.8. The summed E-state index contributed by atoms with van der Waals surface area (Å²) in [5.74, 6) is 1.56. The summed E-state index contributed by atoms with van der Waals surface area (Å²) in [5, 5.41) is 3.33. The number of ether oxygens (including phenoxy) is 2. The van der Waals surface area contributed by atoms with Crippen molar-refractivity contribution in [3.8, 4) is 22.6 Å². The maximum absolute atomic E-state index is 5.42. The molecular formula is C17H14N2O3. The van der Waals surface area contributed by atoms with Crippen molar-refractivity contribution in [3.63, 3.8) is 0 Å². The van der Waals surface area contributed by atoms with E-state index in [1.807, 2.05) is 30.5 Å². The third-order valence-electron chi connectivity index (χ3n) is 3.52. The summed E-state index contributed by atoms with van der Waals surface area (Å²) < 4.78 is 15.8. The predicted octanol–water partition coefficient (Wildman–Crippen LogP) is 3.68. The standard InChI is InChI=1S/C17H14N2O3/c1-2-16-17(22-11-21-16)6-13(1)14-5-15(9-18-8-14)19-7-12-3-4-20-10-12/h1-6,8-10,19H,7,11H2. The van der Waals surface area contributed by atoms with Gasteiger partial charge in [-0.2, -0.15) is 0 Å². The van der Waals surface area contributed by atoms with Gasteiger partial charge in [-0.1, -0.05) is 6.07 Å². The topological polar surface area (TPSA) is 56.5 Å². The van der Waals surface area contributed by atoms with E-state index in [1.165, 1.54) is 0 Å². The number of fused-ring (bicyclic) bond motifs is 1. The highest BCUT2D eigenvalue weighted by Gasteiger charge is 2.14. The summed E-state index contributed by atoms with van der Waals surface area (Å²) in [6, 6.07) is 9.89. The van der Waals surface area contributed by atoms with Gasteiger partial charge in [0.25, 0.3) is 0 Å². The van der Waals surface area contributed by atoms with E-state index in [2.05, 4.69) is 16.4 Å². The van der Waals surface area contributed by atoms with E-state index in [4.69, 9.17) is 13.9 Å². The van der Waals surface area contributed by atoms with Crippen molar-refractivity contribution in [1.82, 2.24) is 4.98 Å². The second-order valence-electron chi connectivity index (χ2n) is 5.02. The summed E-state index contributed by atoms with van der Waals surface area (Å²) in [6.45, 7) is 0.978. The second-order valence-corrected chi connectivity index (χ2v) is 5.02. The van der Waals surface area contributed by atoms with Crippen LogP contribution >= 0.6 is 0 Å². The van der Waals surface area contributed by atoms with Crippen molar-refractivity contribution < 1.29 is 13.9 Å². The van der Waals surface area contributed by atoms with Gasteiger partial charge in [-0.3, -0.25) is 4.98 Å². The molecule has 110 valence electrons. The fourth-order valence-corrected chi connectivity index (χ4v) is 2.37. The molecule has 0 amide bonds. The van der Waals surface area contributed by atoms with Gasteiger partial charge >= 0.3 is 0 Å². The molecule has 5 nitrogen and oxygen atoms in total. The molecule has 3 aromatic rings. The molecule has 0 atom stereocenters. The molecule has 1 aliphatic heterocycles. The van der Waals surface area contributed by atoms with Crippen LogP contribution in [0.5, 0.6) is 11.5 Å². The van der Waals surface area contributed by atoms with Gasteiger partial charge in [-0.15, -0.1) is 0 Å². The molecule has 1 aromatic carbocycles. The Morgan fingerprint density at radius 1 is 1.00 bits per heavy atom. The molecule has 5 heteroatoms. The minimum Gasteiger partial charge on any atom is -0.472 e. The highest BCUT2D eigenvalue weighted by Crippen LogP contribution is 2.36. The molecule has 4 rings (SSSR count). The van der Waals surface area contributed by atoms with E-state index in [0.717, 1.165) is 33.9 Å². The third-order valence-corrected chi connectivity index (χ3v) is 3.52. The molecule has 0 radical (unpaired) electrons. The van der Waals surface area contributed by atoms with Crippen molar-refractivity contribution in [2.45, 2.75) is 6.54 Å². The number of nitrogens with zero attached hydrogens (tertiary/aromatic N) is 1. The maximum Gasteiger partial charge on any atom is 0.231 e. The van der Waals surface area contributed by atoms with Crippen LogP contribution in [0, 0.1) is 0 Å². The SMILES string of the molecule is c1cc(CNc2cncc(-c3ccc4c(c3)OCO4)c2)co1. The Bertz CT molecular complexity index is 784. The Balaban J connectivity index is 1.56. The van der Waals surface area contributed by atoms with E-state index in [-0.39, 0.29) is 6.79 Å². The number of benzene rings is 1. The average molecular weight is 294 g/mol. The van der Waals surface area contributed by atoms with Crippen molar-refractivity contribution in [1.29, 1.82) is 0 Å². The van der Waals surface area contributed by atoms with Crippen molar-refractivity contribution >= 4 is 5.69 Å². The van der Waals surface area contributed by atoms with Crippen LogP contribution in [-0.4, -0.2) is 11.8 Å². The summed E-state index contributed by atoms with van der Waals surface area (Å²) in [4.78, 5) is 4.30. The molecule has 0 unspecified atom stereocenters. The highest BCUT2D eigenvalue weighted by molar-refractivity contribution is 5.69. The summed E-state index contributed by atoms with van der Waals surface area (Å²) >= 11 is 0. The molecule has 0 saturated heterocycles. The van der Waals surface area contributed by atoms with Crippen LogP contribution in [0.3, 0.4) is 0 Å². The Morgan fingerprint density at radius 3 is 2.86 bits per heavy atom. The van der Waals surface area contributed by atoms with Crippen LogP contribution < -0.4 is 14.8 Å². The number of furan rings is 1. The normalized spacial score (nSPS) is 12.4. The molecular weight excluding hydrogens is 280 g/mol. The Morgan fingerprint density at radius 2 is 1.95 bits per heavy atom.